The van der Waals surface area contributed by atoms with Gasteiger partial charge in [-0.25, -0.2) is 4.79 Å². The minimum Gasteiger partial charge on any atom is -0.396 e. The second kappa shape index (κ2) is 6.57. The number of hydrogen-bond acceptors (Lipinski definition) is 2. The van der Waals surface area contributed by atoms with E-state index in [4.69, 9.17) is 5.11 Å². The van der Waals surface area contributed by atoms with Crippen molar-refractivity contribution in [3.8, 4) is 0 Å². The van der Waals surface area contributed by atoms with Gasteiger partial charge < -0.3 is 15.7 Å². The molecule has 0 atom stereocenters. The summed E-state index contributed by atoms with van der Waals surface area (Å²) in [6, 6.07) is 7.84. The zero-order valence-corrected chi connectivity index (χ0v) is 11.4. The Labute approximate surface area is 114 Å². The molecule has 0 radical (unpaired) electrons. The Morgan fingerprint density at radius 3 is 2.42 bits per heavy atom. The van der Waals surface area contributed by atoms with E-state index < -0.39 is 0 Å². The predicted molar refractivity (Wildman–Crippen MR) is 76.2 cm³/mol. The Morgan fingerprint density at radius 2 is 1.84 bits per heavy atom. The van der Waals surface area contributed by atoms with Gasteiger partial charge in [-0.05, 0) is 50.7 Å². The number of benzene rings is 1. The number of carbonyl (C=O) groups excluding carboxylic acids is 1. The predicted octanol–water partition coefficient (Wildman–Crippen LogP) is 2.67. The quantitative estimate of drug-likeness (QED) is 0.784. The van der Waals surface area contributed by atoms with Gasteiger partial charge in [-0.3, -0.25) is 0 Å². The van der Waals surface area contributed by atoms with Gasteiger partial charge in [-0.2, -0.15) is 0 Å². The molecule has 1 aromatic carbocycles. The highest BCUT2D eigenvalue weighted by Crippen LogP contribution is 2.23. The van der Waals surface area contributed by atoms with Crippen molar-refractivity contribution in [2.24, 2.45) is 5.92 Å². The third kappa shape index (κ3) is 4.24. The molecule has 1 fully saturated rings. The van der Waals surface area contributed by atoms with Crippen LogP contribution in [0.2, 0.25) is 0 Å². The highest BCUT2D eigenvalue weighted by atomic mass is 16.3. The van der Waals surface area contributed by atoms with Gasteiger partial charge in [0.1, 0.15) is 0 Å². The van der Waals surface area contributed by atoms with Gasteiger partial charge in [-0.15, -0.1) is 0 Å². The molecule has 0 aliphatic heterocycles. The van der Waals surface area contributed by atoms with Crippen LogP contribution in [0.15, 0.2) is 24.3 Å². The van der Waals surface area contributed by atoms with E-state index in [2.05, 4.69) is 10.6 Å². The molecule has 1 aliphatic rings. The first-order valence-corrected chi connectivity index (χ1v) is 6.92. The van der Waals surface area contributed by atoms with Gasteiger partial charge in [0.15, 0.2) is 0 Å². The minimum atomic E-state index is -0.142. The van der Waals surface area contributed by atoms with Crippen LogP contribution in [0, 0.1) is 12.8 Å². The van der Waals surface area contributed by atoms with Crippen molar-refractivity contribution in [1.82, 2.24) is 5.32 Å². The maximum Gasteiger partial charge on any atom is 0.319 e. The molecule has 0 heterocycles. The van der Waals surface area contributed by atoms with Gasteiger partial charge >= 0.3 is 6.03 Å². The lowest BCUT2D eigenvalue weighted by Crippen LogP contribution is -2.40. The van der Waals surface area contributed by atoms with Gasteiger partial charge in [0.05, 0.1) is 0 Å². The lowest BCUT2D eigenvalue weighted by Gasteiger charge is -2.27. The van der Waals surface area contributed by atoms with Gasteiger partial charge in [-0.1, -0.05) is 17.7 Å². The van der Waals surface area contributed by atoms with Crippen LogP contribution in [-0.4, -0.2) is 23.8 Å². The molecule has 1 aliphatic carbocycles. The Kier molecular flexibility index (Phi) is 4.80. The third-order valence-electron chi connectivity index (χ3n) is 3.75. The molecule has 0 saturated heterocycles. The summed E-state index contributed by atoms with van der Waals surface area (Å²) in [4.78, 5) is 11.8. The molecular weight excluding hydrogens is 240 g/mol. The number of aliphatic hydroxyl groups is 1. The standard InChI is InChI=1S/C15H22N2O2/c1-11-2-6-13(7-3-11)16-15(19)17-14-8-4-12(10-18)5-9-14/h2-3,6-7,12,14,18H,4-5,8-10H2,1H3,(H2,16,17,19). The van der Waals surface area contributed by atoms with Crippen LogP contribution >= 0.6 is 0 Å². The summed E-state index contributed by atoms with van der Waals surface area (Å²) in [6.07, 6.45) is 3.89. The molecule has 3 N–H and O–H groups in total. The largest absolute Gasteiger partial charge is 0.396 e. The zero-order valence-electron chi connectivity index (χ0n) is 11.4. The smallest absolute Gasteiger partial charge is 0.319 e. The zero-order chi connectivity index (χ0) is 13.7. The average Bonchev–Trinajstić information content (AvgIpc) is 2.42. The fourth-order valence-corrected chi connectivity index (χ4v) is 2.48. The second-order valence-corrected chi connectivity index (χ2v) is 5.36. The van der Waals surface area contributed by atoms with Crippen molar-refractivity contribution in [3.05, 3.63) is 29.8 Å². The van der Waals surface area contributed by atoms with E-state index in [-0.39, 0.29) is 18.7 Å². The molecule has 104 valence electrons. The summed E-state index contributed by atoms with van der Waals surface area (Å²) in [6.45, 7) is 2.28. The van der Waals surface area contributed by atoms with Crippen molar-refractivity contribution in [2.45, 2.75) is 38.6 Å². The Hall–Kier alpha value is -1.55. The van der Waals surface area contributed by atoms with Crippen LogP contribution in [0.1, 0.15) is 31.2 Å². The third-order valence-corrected chi connectivity index (χ3v) is 3.75. The highest BCUT2D eigenvalue weighted by molar-refractivity contribution is 5.89. The summed E-state index contributed by atoms with van der Waals surface area (Å²) in [5.74, 6) is 0.415. The lowest BCUT2D eigenvalue weighted by molar-refractivity contribution is 0.176. The molecule has 1 aromatic rings. The summed E-state index contributed by atoms with van der Waals surface area (Å²) >= 11 is 0. The number of rotatable bonds is 3. The van der Waals surface area contributed by atoms with Crippen LogP contribution in [0.25, 0.3) is 0 Å². The minimum absolute atomic E-state index is 0.142. The molecule has 0 unspecified atom stereocenters. The summed E-state index contributed by atoms with van der Waals surface area (Å²) < 4.78 is 0. The number of amides is 2. The lowest BCUT2D eigenvalue weighted by atomic mass is 9.87. The van der Waals surface area contributed by atoms with Crippen molar-refractivity contribution in [2.75, 3.05) is 11.9 Å². The first-order valence-electron chi connectivity index (χ1n) is 6.92. The Morgan fingerprint density at radius 1 is 1.21 bits per heavy atom. The van der Waals surface area contributed by atoms with Crippen LogP contribution in [0.4, 0.5) is 10.5 Å². The van der Waals surface area contributed by atoms with Crippen LogP contribution in [-0.2, 0) is 0 Å². The van der Waals surface area contributed by atoms with Crippen molar-refractivity contribution < 1.29 is 9.90 Å². The Balaban J connectivity index is 1.77. The topological polar surface area (TPSA) is 61.4 Å². The molecule has 4 nitrogen and oxygen atoms in total. The first kappa shape index (κ1) is 13.9. The Bertz CT molecular complexity index is 409. The van der Waals surface area contributed by atoms with E-state index >= 15 is 0 Å². The summed E-state index contributed by atoms with van der Waals surface area (Å²) in [5.41, 5.74) is 1.99. The molecule has 0 aromatic heterocycles. The van der Waals surface area contributed by atoms with E-state index in [0.717, 1.165) is 31.4 Å². The van der Waals surface area contributed by atoms with Crippen LogP contribution in [0.5, 0.6) is 0 Å². The molecular formula is C15H22N2O2. The number of aryl methyl sites for hydroxylation is 1. The maximum atomic E-state index is 11.8. The molecule has 19 heavy (non-hydrogen) atoms. The molecule has 0 bridgehead atoms. The number of carbonyl (C=O) groups is 1. The van der Waals surface area contributed by atoms with E-state index in [9.17, 15) is 4.79 Å². The molecule has 2 amide bonds. The maximum absolute atomic E-state index is 11.8. The number of aliphatic hydroxyl groups excluding tert-OH is 1. The molecule has 1 saturated carbocycles. The van der Waals surface area contributed by atoms with Gasteiger partial charge in [0, 0.05) is 18.3 Å². The van der Waals surface area contributed by atoms with Crippen LogP contribution < -0.4 is 10.6 Å². The molecule has 4 heteroatoms. The van der Waals surface area contributed by atoms with Gasteiger partial charge in [0.25, 0.3) is 0 Å². The van der Waals surface area contributed by atoms with E-state index in [1.165, 1.54) is 5.56 Å². The van der Waals surface area contributed by atoms with E-state index in [1.54, 1.807) is 0 Å². The fraction of sp³-hybridized carbons (Fsp3) is 0.533. The SMILES string of the molecule is Cc1ccc(NC(=O)NC2CCC(CO)CC2)cc1. The average molecular weight is 262 g/mol. The van der Waals surface area contributed by atoms with Crippen molar-refractivity contribution in [1.29, 1.82) is 0 Å². The molecule has 0 spiro atoms. The summed E-state index contributed by atoms with van der Waals surface area (Å²) in [5, 5.41) is 14.9. The van der Waals surface area contributed by atoms with E-state index in [0.29, 0.717) is 5.92 Å². The second-order valence-electron chi connectivity index (χ2n) is 5.36. The van der Waals surface area contributed by atoms with Gasteiger partial charge in [0.2, 0.25) is 0 Å². The van der Waals surface area contributed by atoms with E-state index in [1.807, 2.05) is 31.2 Å². The van der Waals surface area contributed by atoms with Crippen LogP contribution in [0.3, 0.4) is 0 Å². The monoisotopic (exact) mass is 262 g/mol. The first-order chi connectivity index (χ1) is 9.17. The van der Waals surface area contributed by atoms with Crippen molar-refractivity contribution >= 4 is 11.7 Å². The fourth-order valence-electron chi connectivity index (χ4n) is 2.48. The number of anilines is 1. The van der Waals surface area contributed by atoms with Crippen molar-refractivity contribution in [3.63, 3.8) is 0 Å². The number of hydrogen-bond donors (Lipinski definition) is 3. The normalized spacial score (nSPS) is 22.8. The summed E-state index contributed by atoms with van der Waals surface area (Å²) in [7, 11) is 0. The number of urea groups is 1. The molecule has 2 rings (SSSR count). The number of nitrogens with one attached hydrogen (secondary N) is 2. The highest BCUT2D eigenvalue weighted by Gasteiger charge is 2.21.